The quantitative estimate of drug-likeness (QED) is 0.172. The van der Waals surface area contributed by atoms with Gasteiger partial charge in [-0.3, -0.25) is 9.88 Å². The summed E-state index contributed by atoms with van der Waals surface area (Å²) >= 11 is 1.92. The molecule has 11 aromatic rings. The zero-order valence-electron chi connectivity index (χ0n) is 34.2. The molecule has 4 heteroatoms. The predicted octanol–water partition coefficient (Wildman–Crippen LogP) is 13.6. The van der Waals surface area contributed by atoms with E-state index >= 15 is 0 Å². The number of nitrogens with zero attached hydrogens (tertiary/aromatic N) is 2. The molecule has 0 spiro atoms. The smallest absolute Gasteiger partial charge is 0.231 e. The number of thiophene rings is 1. The van der Waals surface area contributed by atoms with Gasteiger partial charge < -0.3 is 0 Å². The maximum atomic E-state index is 2.59. The Kier molecular flexibility index (Phi) is 7.89. The van der Waals surface area contributed by atoms with Crippen LogP contribution in [0.2, 0.25) is 0 Å². The van der Waals surface area contributed by atoms with Gasteiger partial charge in [0.25, 0.3) is 0 Å². The maximum absolute atomic E-state index is 2.59. The molecule has 2 N–H and O–H groups in total. The second-order valence-corrected chi connectivity index (χ2v) is 18.1. The molecule has 0 bridgehead atoms. The largest absolute Gasteiger partial charge is 0.280 e. The van der Waals surface area contributed by atoms with Crippen LogP contribution < -0.4 is 5.32 Å². The summed E-state index contributed by atoms with van der Waals surface area (Å²) in [4.78, 5) is 2.59. The first-order chi connectivity index (χ1) is 30.7. The summed E-state index contributed by atoms with van der Waals surface area (Å²) < 4.78 is 5.28. The van der Waals surface area contributed by atoms with Gasteiger partial charge in [0, 0.05) is 36.5 Å². The highest BCUT2D eigenvalue weighted by molar-refractivity contribution is 7.26. The van der Waals surface area contributed by atoms with Gasteiger partial charge >= 0.3 is 0 Å². The maximum Gasteiger partial charge on any atom is 0.231 e. The topological polar surface area (TPSA) is 24.8 Å². The monoisotopic (exact) mass is 812 g/mol. The van der Waals surface area contributed by atoms with Gasteiger partial charge in [0.15, 0.2) is 0 Å². The number of hydrogen-bond donors (Lipinski definition) is 1. The van der Waals surface area contributed by atoms with E-state index in [0.29, 0.717) is 0 Å². The van der Waals surface area contributed by atoms with Gasteiger partial charge in [-0.2, -0.15) is 0 Å². The molecule has 0 saturated carbocycles. The Balaban J connectivity index is 0.968. The lowest BCUT2D eigenvalue weighted by Gasteiger charge is -2.39. The highest BCUT2D eigenvalue weighted by atomic mass is 32.1. The Morgan fingerprint density at radius 1 is 0.468 bits per heavy atom. The van der Waals surface area contributed by atoms with Crippen molar-refractivity contribution in [3.05, 3.63) is 246 Å². The zero-order valence-corrected chi connectivity index (χ0v) is 35.1. The fraction of sp³-hybridized carbons (Fsp3) is 0.0690. The Hall–Kier alpha value is -7.08. The molecule has 3 heterocycles. The molecule has 1 aliphatic heterocycles. The number of rotatable bonds is 5. The lowest BCUT2D eigenvalue weighted by molar-refractivity contribution is -0.667. The molecular formula is C58H42N3S+. The van der Waals surface area contributed by atoms with Crippen LogP contribution in [-0.4, -0.2) is 16.5 Å². The van der Waals surface area contributed by atoms with E-state index in [4.69, 9.17) is 0 Å². The normalized spacial score (nSPS) is 16.8. The van der Waals surface area contributed by atoms with Gasteiger partial charge in [-0.25, -0.2) is 4.90 Å². The van der Waals surface area contributed by atoms with Crippen LogP contribution in [0.3, 0.4) is 0 Å². The van der Waals surface area contributed by atoms with Crippen molar-refractivity contribution in [2.45, 2.75) is 17.7 Å². The van der Waals surface area contributed by atoms with E-state index in [-0.39, 0.29) is 12.3 Å². The summed E-state index contributed by atoms with van der Waals surface area (Å²) in [6.45, 7) is 0. The average Bonchev–Trinajstić information content (AvgIpc) is 3.98. The lowest BCUT2D eigenvalue weighted by Crippen LogP contribution is -2.86. The number of fused-ring (bicyclic) bond motifs is 10. The summed E-state index contributed by atoms with van der Waals surface area (Å²) in [5.41, 5.74) is 16.3. The lowest BCUT2D eigenvalue weighted by atomic mass is 9.67. The van der Waals surface area contributed by atoms with Gasteiger partial charge in [-0.15, -0.1) is 11.3 Å². The molecular weight excluding hydrogens is 771 g/mol. The molecule has 294 valence electrons. The second kappa shape index (κ2) is 13.7. The summed E-state index contributed by atoms with van der Waals surface area (Å²) in [5.74, 6) is 0. The fourth-order valence-corrected chi connectivity index (χ4v) is 12.5. The molecule has 9 aromatic carbocycles. The number of nitrogens with two attached hydrogens (primary N) is 1. The summed E-state index contributed by atoms with van der Waals surface area (Å²) in [7, 11) is 2.32. The predicted molar refractivity (Wildman–Crippen MR) is 258 cm³/mol. The van der Waals surface area contributed by atoms with Crippen LogP contribution in [0, 0.1) is 0 Å². The summed E-state index contributed by atoms with van der Waals surface area (Å²) in [5, 5.41) is 7.69. The Morgan fingerprint density at radius 2 is 1.08 bits per heavy atom. The SMILES string of the molecule is CN1C(c2cccc3c2sc2ccccc23)c2ccccc2[NH2+]C1n1c2ccccc2c2cc(-c3ccc4c(c3)-c3ccccc3C4(c3ccccc3)c3ccccc3)ccc21. The molecule has 1 aliphatic carbocycles. The van der Waals surface area contributed by atoms with Crippen LogP contribution in [0.4, 0.5) is 5.69 Å². The molecule has 0 amide bonds. The third kappa shape index (κ3) is 5.00. The molecule has 3 nitrogen and oxygen atoms in total. The molecule has 0 saturated heterocycles. The minimum atomic E-state index is -0.411. The summed E-state index contributed by atoms with van der Waals surface area (Å²) in [6.07, 6.45) is -0.0200. The standard InChI is InChI=1S/C58H41N3S/c1-60-55(46-26-16-25-44-43-23-11-15-30-54(43)62-56(44)46)45-24-9-13-28-51(45)59-57(60)61-52-29-14-10-22-42(52)48-36-38(32-34-53(48)61)37-31-33-50-47(35-37)41-21-8-12-27-49(41)58(50,39-17-4-2-5-18-39)40-19-6-3-7-20-40/h2-36,55,57,59H,1H3/p+1. The number of para-hydroxylation sites is 2. The van der Waals surface area contributed by atoms with Crippen LogP contribution in [0.15, 0.2) is 212 Å². The molecule has 2 unspecified atom stereocenters. The van der Waals surface area contributed by atoms with Crippen molar-refractivity contribution < 1.29 is 5.32 Å². The van der Waals surface area contributed by atoms with Crippen molar-refractivity contribution in [2.24, 2.45) is 0 Å². The number of hydrogen-bond acceptors (Lipinski definition) is 2. The Morgan fingerprint density at radius 3 is 1.92 bits per heavy atom. The van der Waals surface area contributed by atoms with E-state index in [1.54, 1.807) is 0 Å². The molecule has 2 aromatic heterocycles. The van der Waals surface area contributed by atoms with Crippen molar-refractivity contribution >= 4 is 59.0 Å². The van der Waals surface area contributed by atoms with Crippen molar-refractivity contribution in [3.8, 4) is 22.3 Å². The van der Waals surface area contributed by atoms with Crippen LogP contribution in [0.25, 0.3) is 64.2 Å². The Labute approximate surface area is 364 Å². The minimum Gasteiger partial charge on any atom is -0.280 e. The van der Waals surface area contributed by atoms with E-state index in [1.165, 1.54) is 103 Å². The van der Waals surface area contributed by atoms with Crippen molar-refractivity contribution in [1.29, 1.82) is 0 Å². The van der Waals surface area contributed by atoms with Crippen LogP contribution >= 0.6 is 11.3 Å². The zero-order chi connectivity index (χ0) is 40.9. The number of quaternary nitrogens is 1. The first-order valence-electron chi connectivity index (χ1n) is 21.6. The van der Waals surface area contributed by atoms with E-state index in [2.05, 4.69) is 234 Å². The van der Waals surface area contributed by atoms with E-state index in [9.17, 15) is 0 Å². The van der Waals surface area contributed by atoms with E-state index < -0.39 is 5.41 Å². The highest BCUT2D eigenvalue weighted by Gasteiger charge is 2.46. The van der Waals surface area contributed by atoms with Crippen LogP contribution in [0.5, 0.6) is 0 Å². The summed E-state index contributed by atoms with van der Waals surface area (Å²) in [6, 6.07) is 79.3. The van der Waals surface area contributed by atoms with Crippen molar-refractivity contribution in [1.82, 2.24) is 9.47 Å². The molecule has 0 fully saturated rings. The van der Waals surface area contributed by atoms with Crippen molar-refractivity contribution in [2.75, 3.05) is 7.05 Å². The molecule has 2 atom stereocenters. The number of benzene rings is 9. The van der Waals surface area contributed by atoms with Gasteiger partial charge in [0.1, 0.15) is 5.69 Å². The van der Waals surface area contributed by atoms with E-state index in [0.717, 1.165) is 0 Å². The second-order valence-electron chi connectivity index (χ2n) is 17.0. The molecule has 62 heavy (non-hydrogen) atoms. The average molecular weight is 813 g/mol. The van der Waals surface area contributed by atoms with Gasteiger partial charge in [0.05, 0.1) is 22.5 Å². The first kappa shape index (κ1) is 35.7. The van der Waals surface area contributed by atoms with Gasteiger partial charge in [-0.05, 0) is 93.5 Å². The molecule has 13 rings (SSSR count). The fourth-order valence-electron chi connectivity index (χ4n) is 11.3. The minimum absolute atomic E-state index is 0.0200. The van der Waals surface area contributed by atoms with E-state index in [1.807, 2.05) is 11.3 Å². The van der Waals surface area contributed by atoms with Crippen molar-refractivity contribution in [3.63, 3.8) is 0 Å². The molecule has 2 aliphatic rings. The Bertz CT molecular complexity index is 3510. The third-order valence-electron chi connectivity index (χ3n) is 13.9. The number of aromatic nitrogens is 1. The van der Waals surface area contributed by atoms with Gasteiger partial charge in [0.2, 0.25) is 6.29 Å². The highest BCUT2D eigenvalue weighted by Crippen LogP contribution is 2.57. The molecule has 0 radical (unpaired) electrons. The van der Waals surface area contributed by atoms with Crippen LogP contribution in [0.1, 0.15) is 45.7 Å². The third-order valence-corrected chi connectivity index (χ3v) is 15.2. The van der Waals surface area contributed by atoms with Crippen LogP contribution in [-0.2, 0) is 5.41 Å². The van der Waals surface area contributed by atoms with Gasteiger partial charge in [-0.1, -0.05) is 176 Å². The first-order valence-corrected chi connectivity index (χ1v) is 22.4.